The van der Waals surface area contributed by atoms with E-state index in [1.54, 1.807) is 0 Å². The average molecular weight is 386 g/mol. The molecule has 1 N–H and O–H groups in total. The number of ether oxygens (including phenoxy) is 2. The minimum Gasteiger partial charge on any atom is -0.493 e. The van der Waals surface area contributed by atoms with Gasteiger partial charge in [-0.2, -0.15) is 0 Å². The van der Waals surface area contributed by atoms with Crippen molar-refractivity contribution in [2.24, 2.45) is 0 Å². The van der Waals surface area contributed by atoms with Gasteiger partial charge >= 0.3 is 0 Å². The first-order valence-corrected chi connectivity index (χ1v) is 9.88. The third-order valence-corrected chi connectivity index (χ3v) is 5.21. The molecule has 1 aromatic heterocycles. The smallest absolute Gasteiger partial charge is 0.223 e. The highest BCUT2D eigenvalue weighted by molar-refractivity contribution is 5.76. The zero-order chi connectivity index (χ0) is 19.9. The summed E-state index contributed by atoms with van der Waals surface area (Å²) in [6.07, 6.45) is 0.320. The van der Waals surface area contributed by atoms with Gasteiger partial charge in [0.25, 0.3) is 0 Å². The molecule has 0 aliphatic carbocycles. The molecule has 1 aromatic carbocycles. The second-order valence-electron chi connectivity index (χ2n) is 7.21. The number of nitrogens with zero attached hydrogens (tertiary/aromatic N) is 1. The van der Waals surface area contributed by atoms with Crippen molar-refractivity contribution in [3.63, 3.8) is 0 Å². The summed E-state index contributed by atoms with van der Waals surface area (Å²) in [5.74, 6) is 2.57. The molecule has 1 aliphatic rings. The van der Waals surface area contributed by atoms with E-state index >= 15 is 0 Å². The van der Waals surface area contributed by atoms with Crippen LogP contribution in [0.25, 0.3) is 0 Å². The fourth-order valence-corrected chi connectivity index (χ4v) is 3.36. The Kier molecular flexibility index (Phi) is 7.12. The van der Waals surface area contributed by atoms with Crippen LogP contribution in [0.15, 0.2) is 34.7 Å². The number of hydrogen-bond acceptors (Lipinski definition) is 5. The van der Waals surface area contributed by atoms with E-state index in [1.165, 1.54) is 5.56 Å². The fraction of sp³-hybridized carbons (Fsp3) is 0.500. The molecule has 0 radical (unpaired) electrons. The molecule has 6 nitrogen and oxygen atoms in total. The van der Waals surface area contributed by atoms with Crippen molar-refractivity contribution in [2.45, 2.75) is 33.2 Å². The lowest BCUT2D eigenvalue weighted by atomic mass is 10.1. The van der Waals surface area contributed by atoms with E-state index in [0.29, 0.717) is 32.8 Å². The molecule has 2 aromatic rings. The quantitative estimate of drug-likeness (QED) is 0.755. The molecular formula is C22H30N2O4. The molecule has 1 aliphatic heterocycles. The minimum absolute atomic E-state index is 0.0153. The second-order valence-corrected chi connectivity index (χ2v) is 7.21. The van der Waals surface area contributed by atoms with Gasteiger partial charge in [0, 0.05) is 19.6 Å². The van der Waals surface area contributed by atoms with Crippen LogP contribution in [-0.4, -0.2) is 50.3 Å². The molecule has 1 amide bonds. The van der Waals surface area contributed by atoms with Gasteiger partial charge in [-0.25, -0.2) is 0 Å². The monoisotopic (exact) mass is 386 g/mol. The first-order valence-electron chi connectivity index (χ1n) is 9.88. The number of furan rings is 1. The van der Waals surface area contributed by atoms with Crippen LogP contribution in [0.4, 0.5) is 0 Å². The summed E-state index contributed by atoms with van der Waals surface area (Å²) in [5.41, 5.74) is 2.30. The summed E-state index contributed by atoms with van der Waals surface area (Å²) in [6, 6.07) is 9.93. The molecule has 6 heteroatoms. The normalized spacial score (nSPS) is 16.0. The fourth-order valence-electron chi connectivity index (χ4n) is 3.36. The molecule has 1 unspecified atom stereocenters. The van der Waals surface area contributed by atoms with E-state index in [-0.39, 0.29) is 11.9 Å². The van der Waals surface area contributed by atoms with Crippen molar-refractivity contribution in [2.75, 3.05) is 39.5 Å². The Morgan fingerprint density at radius 3 is 2.68 bits per heavy atom. The van der Waals surface area contributed by atoms with Gasteiger partial charge < -0.3 is 19.2 Å². The lowest BCUT2D eigenvalue weighted by molar-refractivity contribution is -0.122. The molecule has 0 spiro atoms. The van der Waals surface area contributed by atoms with Gasteiger partial charge in [-0.05, 0) is 50.1 Å². The van der Waals surface area contributed by atoms with E-state index in [2.05, 4.69) is 23.2 Å². The van der Waals surface area contributed by atoms with Crippen molar-refractivity contribution in [3.8, 4) is 5.75 Å². The number of carbonyl (C=O) groups excluding carboxylic acids is 1. The molecule has 1 saturated heterocycles. The number of morpholine rings is 1. The SMILES string of the molecule is Cc1ccc(C(CNC(=O)CCOc2cccc(C)c2C)N2CCOCC2)o1. The lowest BCUT2D eigenvalue weighted by Crippen LogP contribution is -2.43. The highest BCUT2D eigenvalue weighted by Crippen LogP contribution is 2.23. The molecule has 3 rings (SSSR count). The molecule has 0 saturated carbocycles. The summed E-state index contributed by atoms with van der Waals surface area (Å²) in [7, 11) is 0. The zero-order valence-electron chi connectivity index (χ0n) is 17.0. The van der Waals surface area contributed by atoms with Crippen LogP contribution in [0.3, 0.4) is 0 Å². The van der Waals surface area contributed by atoms with Crippen molar-refractivity contribution in [3.05, 3.63) is 53.0 Å². The number of carbonyl (C=O) groups is 1. The maximum Gasteiger partial charge on any atom is 0.223 e. The average Bonchev–Trinajstić information content (AvgIpc) is 3.12. The Bertz CT molecular complexity index is 781. The second kappa shape index (κ2) is 9.75. The number of aryl methyl sites for hydroxylation is 2. The summed E-state index contributed by atoms with van der Waals surface area (Å²) in [6.45, 7) is 9.95. The molecule has 1 fully saturated rings. The number of rotatable bonds is 8. The van der Waals surface area contributed by atoms with Gasteiger partial charge in [-0.1, -0.05) is 12.1 Å². The summed E-state index contributed by atoms with van der Waals surface area (Å²) in [4.78, 5) is 14.6. The Hall–Kier alpha value is -2.31. The summed E-state index contributed by atoms with van der Waals surface area (Å²) >= 11 is 0. The Morgan fingerprint density at radius 1 is 1.18 bits per heavy atom. The summed E-state index contributed by atoms with van der Waals surface area (Å²) < 4.78 is 17.1. The van der Waals surface area contributed by atoms with Crippen LogP contribution in [0, 0.1) is 20.8 Å². The molecule has 0 bridgehead atoms. The number of benzene rings is 1. The van der Waals surface area contributed by atoms with E-state index < -0.39 is 0 Å². The van der Waals surface area contributed by atoms with Gasteiger partial charge in [-0.3, -0.25) is 9.69 Å². The van der Waals surface area contributed by atoms with Crippen LogP contribution in [0.2, 0.25) is 0 Å². The van der Waals surface area contributed by atoms with Crippen LogP contribution < -0.4 is 10.1 Å². The maximum absolute atomic E-state index is 12.3. The maximum atomic E-state index is 12.3. The summed E-state index contributed by atoms with van der Waals surface area (Å²) in [5, 5.41) is 3.04. The standard InChI is InChI=1S/C22H30N2O4/c1-16-5-4-6-20(18(16)3)27-12-9-22(25)23-15-19(21-8-7-17(2)28-21)24-10-13-26-14-11-24/h4-8,19H,9-15H2,1-3H3,(H,23,25). The third-order valence-electron chi connectivity index (χ3n) is 5.21. The molecule has 28 heavy (non-hydrogen) atoms. The van der Waals surface area contributed by atoms with Crippen LogP contribution in [0.5, 0.6) is 5.75 Å². The highest BCUT2D eigenvalue weighted by atomic mass is 16.5. The van der Waals surface area contributed by atoms with Gasteiger partial charge in [0.15, 0.2) is 0 Å². The Balaban J connectivity index is 1.51. The number of nitrogens with one attached hydrogen (secondary N) is 1. The minimum atomic E-state index is -0.0214. The molecule has 152 valence electrons. The van der Waals surface area contributed by atoms with Gasteiger partial charge in [-0.15, -0.1) is 0 Å². The topological polar surface area (TPSA) is 63.9 Å². The zero-order valence-corrected chi connectivity index (χ0v) is 17.0. The van der Waals surface area contributed by atoms with Crippen molar-refractivity contribution >= 4 is 5.91 Å². The van der Waals surface area contributed by atoms with Crippen LogP contribution >= 0.6 is 0 Å². The largest absolute Gasteiger partial charge is 0.493 e. The third kappa shape index (κ3) is 5.36. The molecule has 2 heterocycles. The van der Waals surface area contributed by atoms with Crippen molar-refractivity contribution in [1.29, 1.82) is 0 Å². The lowest BCUT2D eigenvalue weighted by Gasteiger charge is -2.33. The highest BCUT2D eigenvalue weighted by Gasteiger charge is 2.25. The Morgan fingerprint density at radius 2 is 1.96 bits per heavy atom. The first kappa shape index (κ1) is 20.4. The van der Waals surface area contributed by atoms with Crippen LogP contribution in [-0.2, 0) is 9.53 Å². The van der Waals surface area contributed by atoms with E-state index in [4.69, 9.17) is 13.9 Å². The van der Waals surface area contributed by atoms with Crippen LogP contribution in [0.1, 0.15) is 35.1 Å². The van der Waals surface area contributed by atoms with Crippen molar-refractivity contribution < 1.29 is 18.7 Å². The number of amides is 1. The molecular weight excluding hydrogens is 356 g/mol. The van der Waals surface area contributed by atoms with Crippen molar-refractivity contribution in [1.82, 2.24) is 10.2 Å². The first-order chi connectivity index (χ1) is 13.5. The van der Waals surface area contributed by atoms with E-state index in [0.717, 1.165) is 35.9 Å². The number of hydrogen-bond donors (Lipinski definition) is 1. The Labute approximate surface area is 166 Å². The predicted molar refractivity (Wildman–Crippen MR) is 108 cm³/mol. The van der Waals surface area contributed by atoms with E-state index in [9.17, 15) is 4.79 Å². The van der Waals surface area contributed by atoms with E-state index in [1.807, 2.05) is 38.1 Å². The predicted octanol–water partition coefficient (Wildman–Crippen LogP) is 3.16. The van der Waals surface area contributed by atoms with Gasteiger partial charge in [0.1, 0.15) is 17.3 Å². The van der Waals surface area contributed by atoms with Gasteiger partial charge in [0.2, 0.25) is 5.91 Å². The molecule has 1 atom stereocenters. The van der Waals surface area contributed by atoms with Gasteiger partial charge in [0.05, 0.1) is 32.3 Å².